The summed E-state index contributed by atoms with van der Waals surface area (Å²) in [4.78, 5) is 0. The van der Waals surface area contributed by atoms with Crippen LogP contribution in [0, 0.1) is 5.82 Å². The van der Waals surface area contributed by atoms with Gasteiger partial charge in [0.2, 0.25) is 0 Å². The van der Waals surface area contributed by atoms with Crippen LogP contribution in [0.4, 0.5) is 10.1 Å². The summed E-state index contributed by atoms with van der Waals surface area (Å²) in [5.41, 5.74) is 7.23. The first-order valence-corrected chi connectivity index (χ1v) is 5.54. The molecule has 1 aliphatic heterocycles. The van der Waals surface area contributed by atoms with Crippen molar-refractivity contribution in [3.8, 4) is 0 Å². The molecule has 2 nitrogen and oxygen atoms in total. The zero-order valence-electron chi connectivity index (χ0n) is 7.70. The van der Waals surface area contributed by atoms with E-state index in [1.54, 1.807) is 6.07 Å². The van der Waals surface area contributed by atoms with Crippen LogP contribution in [0.15, 0.2) is 18.2 Å². The van der Waals surface area contributed by atoms with Crippen molar-refractivity contribution in [3.63, 3.8) is 0 Å². The van der Waals surface area contributed by atoms with Crippen LogP contribution in [-0.2, 0) is 10.5 Å². The van der Waals surface area contributed by atoms with Gasteiger partial charge in [0.05, 0.1) is 18.5 Å². The summed E-state index contributed by atoms with van der Waals surface area (Å²) in [6.45, 7) is 1.65. The van der Waals surface area contributed by atoms with Crippen molar-refractivity contribution in [1.29, 1.82) is 0 Å². The molecule has 14 heavy (non-hydrogen) atoms. The lowest BCUT2D eigenvalue weighted by Crippen LogP contribution is -2.30. The van der Waals surface area contributed by atoms with Crippen molar-refractivity contribution >= 4 is 17.4 Å². The molecule has 2 N–H and O–H groups in total. The molecule has 1 aromatic carbocycles. The van der Waals surface area contributed by atoms with E-state index in [0.29, 0.717) is 10.9 Å². The standard InChI is InChI=1S/C10H12FNOS/c11-8-2-1-7(10(12)3-8)6-14-9-4-13-5-9/h1-3,9H,4-6,12H2. The molecule has 0 spiro atoms. The molecule has 0 amide bonds. The van der Waals surface area contributed by atoms with Crippen LogP contribution < -0.4 is 5.73 Å². The highest BCUT2D eigenvalue weighted by Gasteiger charge is 2.18. The number of rotatable bonds is 3. The second-order valence-corrected chi connectivity index (χ2v) is 4.60. The van der Waals surface area contributed by atoms with Crippen molar-refractivity contribution in [2.24, 2.45) is 0 Å². The predicted octanol–water partition coefficient (Wildman–Crippen LogP) is 2.04. The number of thioether (sulfide) groups is 1. The molecule has 1 aliphatic rings. The second kappa shape index (κ2) is 4.19. The summed E-state index contributed by atoms with van der Waals surface area (Å²) < 4.78 is 17.8. The average molecular weight is 213 g/mol. The number of benzene rings is 1. The van der Waals surface area contributed by atoms with E-state index in [0.717, 1.165) is 24.5 Å². The highest BCUT2D eigenvalue weighted by atomic mass is 32.2. The Kier molecular flexibility index (Phi) is 2.93. The number of nitrogens with two attached hydrogens (primary N) is 1. The normalized spacial score (nSPS) is 16.6. The van der Waals surface area contributed by atoms with E-state index >= 15 is 0 Å². The van der Waals surface area contributed by atoms with Crippen molar-refractivity contribution in [1.82, 2.24) is 0 Å². The molecule has 0 aromatic heterocycles. The predicted molar refractivity (Wildman–Crippen MR) is 56.7 cm³/mol. The zero-order valence-corrected chi connectivity index (χ0v) is 8.52. The number of ether oxygens (including phenoxy) is 1. The molecule has 2 rings (SSSR count). The quantitative estimate of drug-likeness (QED) is 0.780. The van der Waals surface area contributed by atoms with E-state index in [4.69, 9.17) is 10.5 Å². The molecular formula is C10H12FNOS. The van der Waals surface area contributed by atoms with Gasteiger partial charge in [0.1, 0.15) is 5.82 Å². The monoisotopic (exact) mass is 213 g/mol. The maximum Gasteiger partial charge on any atom is 0.125 e. The summed E-state index contributed by atoms with van der Waals surface area (Å²) in [7, 11) is 0. The molecule has 0 saturated carbocycles. The zero-order chi connectivity index (χ0) is 9.97. The Hall–Kier alpha value is -0.740. The number of anilines is 1. The van der Waals surface area contributed by atoms with Gasteiger partial charge in [-0.25, -0.2) is 4.39 Å². The summed E-state index contributed by atoms with van der Waals surface area (Å²) in [6.07, 6.45) is 0. The van der Waals surface area contributed by atoms with Crippen molar-refractivity contribution in [2.45, 2.75) is 11.0 Å². The Balaban J connectivity index is 1.94. The molecule has 0 aliphatic carbocycles. The topological polar surface area (TPSA) is 35.2 Å². The first kappa shape index (κ1) is 9.80. The first-order chi connectivity index (χ1) is 6.75. The SMILES string of the molecule is Nc1cc(F)ccc1CSC1COC1. The molecule has 0 radical (unpaired) electrons. The van der Waals surface area contributed by atoms with Crippen LogP contribution in [0.2, 0.25) is 0 Å². The fourth-order valence-electron chi connectivity index (χ4n) is 1.22. The lowest BCUT2D eigenvalue weighted by molar-refractivity contribution is 0.0455. The number of nitrogen functional groups attached to an aromatic ring is 1. The Morgan fingerprint density at radius 2 is 2.29 bits per heavy atom. The Morgan fingerprint density at radius 1 is 1.50 bits per heavy atom. The van der Waals surface area contributed by atoms with Crippen LogP contribution in [0.3, 0.4) is 0 Å². The van der Waals surface area contributed by atoms with Gasteiger partial charge in [0.15, 0.2) is 0 Å². The maximum atomic E-state index is 12.7. The third kappa shape index (κ3) is 2.19. The molecule has 0 bridgehead atoms. The molecule has 4 heteroatoms. The van der Waals surface area contributed by atoms with E-state index in [1.807, 2.05) is 11.8 Å². The average Bonchev–Trinajstić information content (AvgIpc) is 2.05. The molecule has 1 saturated heterocycles. The van der Waals surface area contributed by atoms with Crippen molar-refractivity contribution < 1.29 is 9.13 Å². The highest BCUT2D eigenvalue weighted by molar-refractivity contribution is 7.99. The number of hydrogen-bond acceptors (Lipinski definition) is 3. The van der Waals surface area contributed by atoms with Crippen LogP contribution in [-0.4, -0.2) is 18.5 Å². The smallest absolute Gasteiger partial charge is 0.125 e. The van der Waals surface area contributed by atoms with Gasteiger partial charge < -0.3 is 10.5 Å². The first-order valence-electron chi connectivity index (χ1n) is 4.49. The summed E-state index contributed by atoms with van der Waals surface area (Å²) in [5.74, 6) is 0.559. The summed E-state index contributed by atoms with van der Waals surface area (Å²) >= 11 is 1.81. The molecule has 1 aromatic rings. The Labute approximate surface area is 86.6 Å². The number of hydrogen-bond donors (Lipinski definition) is 1. The van der Waals surface area contributed by atoms with Crippen molar-refractivity contribution in [2.75, 3.05) is 18.9 Å². The van der Waals surface area contributed by atoms with E-state index in [9.17, 15) is 4.39 Å². The third-order valence-electron chi connectivity index (χ3n) is 2.19. The fourth-order valence-corrected chi connectivity index (χ4v) is 2.28. The molecular weight excluding hydrogens is 201 g/mol. The van der Waals surface area contributed by atoms with Gasteiger partial charge in [-0.05, 0) is 17.7 Å². The van der Waals surface area contributed by atoms with Crippen LogP contribution in [0.1, 0.15) is 5.56 Å². The van der Waals surface area contributed by atoms with Gasteiger partial charge in [-0.2, -0.15) is 0 Å². The minimum absolute atomic E-state index is 0.275. The largest absolute Gasteiger partial charge is 0.398 e. The summed E-state index contributed by atoms with van der Waals surface area (Å²) in [5, 5.41) is 0.583. The van der Waals surface area contributed by atoms with Crippen LogP contribution in [0.5, 0.6) is 0 Å². The van der Waals surface area contributed by atoms with Gasteiger partial charge in [0, 0.05) is 11.4 Å². The molecule has 76 valence electrons. The summed E-state index contributed by atoms with van der Waals surface area (Å²) in [6, 6.07) is 4.56. The Bertz CT molecular complexity index is 328. The second-order valence-electron chi connectivity index (χ2n) is 3.31. The van der Waals surface area contributed by atoms with Gasteiger partial charge in [-0.3, -0.25) is 0 Å². The Morgan fingerprint density at radius 3 is 2.86 bits per heavy atom. The minimum atomic E-state index is -0.275. The van der Waals surface area contributed by atoms with Gasteiger partial charge >= 0.3 is 0 Å². The molecule has 0 atom stereocenters. The van der Waals surface area contributed by atoms with Crippen LogP contribution in [0.25, 0.3) is 0 Å². The van der Waals surface area contributed by atoms with Gasteiger partial charge in [-0.15, -0.1) is 11.8 Å². The lowest BCUT2D eigenvalue weighted by Gasteiger charge is -2.25. The maximum absolute atomic E-state index is 12.7. The van der Waals surface area contributed by atoms with Crippen molar-refractivity contribution in [3.05, 3.63) is 29.6 Å². The fraction of sp³-hybridized carbons (Fsp3) is 0.400. The molecule has 1 fully saturated rings. The van der Waals surface area contributed by atoms with Gasteiger partial charge in [-0.1, -0.05) is 6.07 Å². The molecule has 0 unspecified atom stereocenters. The van der Waals surface area contributed by atoms with Gasteiger partial charge in [0.25, 0.3) is 0 Å². The number of halogens is 1. The lowest BCUT2D eigenvalue weighted by atomic mass is 10.2. The highest BCUT2D eigenvalue weighted by Crippen LogP contribution is 2.26. The minimum Gasteiger partial charge on any atom is -0.398 e. The third-order valence-corrected chi connectivity index (χ3v) is 3.41. The van der Waals surface area contributed by atoms with E-state index in [1.165, 1.54) is 12.1 Å². The molecule has 1 heterocycles. The van der Waals surface area contributed by atoms with E-state index in [-0.39, 0.29) is 5.82 Å². The van der Waals surface area contributed by atoms with E-state index in [2.05, 4.69) is 0 Å². The van der Waals surface area contributed by atoms with E-state index < -0.39 is 0 Å². The van der Waals surface area contributed by atoms with Crippen LogP contribution >= 0.6 is 11.8 Å².